The molecular weight excluding hydrogens is 440 g/mol. The molecule has 3 rings (SSSR count). The highest BCUT2D eigenvalue weighted by atomic mass is 19.4. The van der Waals surface area contributed by atoms with E-state index in [4.69, 9.17) is 0 Å². The van der Waals surface area contributed by atoms with Crippen LogP contribution in [0.1, 0.15) is 16.7 Å². The van der Waals surface area contributed by atoms with Gasteiger partial charge in [0.25, 0.3) is 0 Å². The van der Waals surface area contributed by atoms with Crippen molar-refractivity contribution < 1.29 is 27.2 Å². The monoisotopic (exact) mass is 458 g/mol. The van der Waals surface area contributed by atoms with Gasteiger partial charge in [0.1, 0.15) is 5.82 Å². The molecule has 170 valence electrons. The van der Waals surface area contributed by atoms with Crippen LogP contribution in [0.5, 0.6) is 0 Å². The highest BCUT2D eigenvalue weighted by Crippen LogP contribution is 2.33. The summed E-state index contributed by atoms with van der Waals surface area (Å²) in [5, 5.41) is 7.37. The maximum absolute atomic E-state index is 13.4. The van der Waals surface area contributed by atoms with Gasteiger partial charge in [0, 0.05) is 35.5 Å². The molecule has 2 aromatic carbocycles. The molecule has 6 nitrogen and oxygen atoms in total. The molecule has 3 aromatic rings. The standard InChI is InChI=1S/C23H18F4N4O2/c1-14-4-6-17(12-20(14)31-21(32)9-5-15-3-2-10-28-13-15)30-22(33)29-16-7-8-19(24)18(11-16)23(25,26)27/h2-13H,1H3,(H,31,32)(H2,29,30,33). The van der Waals surface area contributed by atoms with Crippen molar-refractivity contribution in [1.82, 2.24) is 4.98 Å². The highest BCUT2D eigenvalue weighted by molar-refractivity contribution is 6.03. The Kier molecular flexibility index (Phi) is 7.07. The summed E-state index contributed by atoms with van der Waals surface area (Å²) in [6.45, 7) is 1.75. The SMILES string of the molecule is Cc1ccc(NC(=O)Nc2ccc(F)c(C(F)(F)F)c2)cc1NC(=O)C=Cc1cccnc1. The number of halogens is 4. The first-order valence-electron chi connectivity index (χ1n) is 9.56. The zero-order valence-corrected chi connectivity index (χ0v) is 17.2. The molecule has 10 heteroatoms. The number of anilines is 3. The first kappa shape index (κ1) is 23.5. The molecule has 0 spiro atoms. The minimum atomic E-state index is -4.90. The number of amides is 3. The number of hydrogen-bond donors (Lipinski definition) is 3. The fraction of sp³-hybridized carbons (Fsp3) is 0.0870. The number of pyridine rings is 1. The van der Waals surface area contributed by atoms with Crippen LogP contribution in [0.4, 0.5) is 39.4 Å². The number of nitrogens with one attached hydrogen (secondary N) is 3. The fourth-order valence-electron chi connectivity index (χ4n) is 2.77. The number of carbonyl (C=O) groups is 2. The highest BCUT2D eigenvalue weighted by Gasteiger charge is 2.34. The number of alkyl halides is 3. The van der Waals surface area contributed by atoms with E-state index in [-0.39, 0.29) is 11.4 Å². The van der Waals surface area contributed by atoms with Crippen molar-refractivity contribution in [3.63, 3.8) is 0 Å². The van der Waals surface area contributed by atoms with Crippen LogP contribution in [-0.4, -0.2) is 16.9 Å². The van der Waals surface area contributed by atoms with Crippen LogP contribution >= 0.6 is 0 Å². The summed E-state index contributed by atoms with van der Waals surface area (Å²) in [5.41, 5.74) is 0.448. The Morgan fingerprint density at radius 1 is 0.970 bits per heavy atom. The van der Waals surface area contributed by atoms with Gasteiger partial charge in [-0.25, -0.2) is 9.18 Å². The molecule has 1 aromatic heterocycles. The molecule has 33 heavy (non-hydrogen) atoms. The molecule has 0 bridgehead atoms. The Bertz CT molecular complexity index is 1190. The molecule has 0 aliphatic carbocycles. The number of nitrogens with zero attached hydrogens (tertiary/aromatic N) is 1. The van der Waals surface area contributed by atoms with Gasteiger partial charge in [-0.1, -0.05) is 12.1 Å². The molecule has 0 aliphatic rings. The molecular formula is C23H18F4N4O2. The molecule has 0 radical (unpaired) electrons. The van der Waals surface area contributed by atoms with Gasteiger partial charge in [0.15, 0.2) is 0 Å². The van der Waals surface area contributed by atoms with Gasteiger partial charge in [-0.2, -0.15) is 13.2 Å². The van der Waals surface area contributed by atoms with Crippen LogP contribution in [0.15, 0.2) is 67.0 Å². The second-order valence-electron chi connectivity index (χ2n) is 6.91. The van der Waals surface area contributed by atoms with E-state index >= 15 is 0 Å². The van der Waals surface area contributed by atoms with Crippen molar-refractivity contribution in [3.8, 4) is 0 Å². The molecule has 1 heterocycles. The number of rotatable bonds is 5. The number of benzene rings is 2. The smallest absolute Gasteiger partial charge is 0.322 e. The fourth-order valence-corrected chi connectivity index (χ4v) is 2.77. The van der Waals surface area contributed by atoms with Gasteiger partial charge in [-0.3, -0.25) is 9.78 Å². The van der Waals surface area contributed by atoms with Crippen LogP contribution in [-0.2, 0) is 11.0 Å². The van der Waals surface area contributed by atoms with E-state index in [9.17, 15) is 27.2 Å². The zero-order chi connectivity index (χ0) is 24.0. The molecule has 0 atom stereocenters. The summed E-state index contributed by atoms with van der Waals surface area (Å²) in [6, 6.07) is 9.52. The summed E-state index contributed by atoms with van der Waals surface area (Å²) in [6.07, 6.45) is 1.23. The van der Waals surface area contributed by atoms with Crippen molar-refractivity contribution >= 4 is 35.1 Å². The Labute approximate surface area is 186 Å². The maximum atomic E-state index is 13.4. The first-order valence-corrected chi connectivity index (χ1v) is 9.56. The van der Waals surface area contributed by atoms with Crippen molar-refractivity contribution in [2.75, 3.05) is 16.0 Å². The predicted molar refractivity (Wildman–Crippen MR) is 117 cm³/mol. The average Bonchev–Trinajstić information content (AvgIpc) is 2.76. The third-order valence-corrected chi connectivity index (χ3v) is 4.39. The third kappa shape index (κ3) is 6.63. The molecule has 3 amide bonds. The van der Waals surface area contributed by atoms with Crippen molar-refractivity contribution in [3.05, 3.63) is 89.5 Å². The second kappa shape index (κ2) is 9.94. The third-order valence-electron chi connectivity index (χ3n) is 4.39. The molecule has 0 saturated heterocycles. The van der Waals surface area contributed by atoms with E-state index in [0.29, 0.717) is 17.8 Å². The quantitative estimate of drug-likeness (QED) is 0.332. The summed E-state index contributed by atoms with van der Waals surface area (Å²) >= 11 is 0. The van der Waals surface area contributed by atoms with Crippen molar-refractivity contribution in [2.45, 2.75) is 13.1 Å². The van der Waals surface area contributed by atoms with E-state index in [1.165, 1.54) is 12.1 Å². The first-order chi connectivity index (χ1) is 15.6. The van der Waals surface area contributed by atoms with Crippen molar-refractivity contribution in [2.24, 2.45) is 0 Å². The van der Waals surface area contributed by atoms with Crippen LogP contribution in [0, 0.1) is 12.7 Å². The number of aryl methyl sites for hydroxylation is 1. The maximum Gasteiger partial charge on any atom is 0.419 e. The summed E-state index contributed by atoms with van der Waals surface area (Å²) < 4.78 is 51.9. The van der Waals surface area contributed by atoms with Crippen molar-refractivity contribution in [1.29, 1.82) is 0 Å². The Morgan fingerprint density at radius 3 is 2.33 bits per heavy atom. The Morgan fingerprint density at radius 2 is 1.67 bits per heavy atom. The average molecular weight is 458 g/mol. The minimum absolute atomic E-state index is 0.234. The summed E-state index contributed by atoms with van der Waals surface area (Å²) in [7, 11) is 0. The van der Waals surface area contributed by atoms with E-state index < -0.39 is 29.5 Å². The van der Waals surface area contributed by atoms with Gasteiger partial charge in [0.2, 0.25) is 5.91 Å². The van der Waals surface area contributed by atoms with Crippen LogP contribution in [0.2, 0.25) is 0 Å². The predicted octanol–water partition coefficient (Wildman–Crippen LogP) is 5.84. The molecule has 0 fully saturated rings. The largest absolute Gasteiger partial charge is 0.419 e. The second-order valence-corrected chi connectivity index (χ2v) is 6.91. The normalized spacial score (nSPS) is 11.3. The topological polar surface area (TPSA) is 83.1 Å². The number of urea groups is 1. The lowest BCUT2D eigenvalue weighted by Crippen LogP contribution is -2.20. The van der Waals surface area contributed by atoms with Gasteiger partial charge >= 0.3 is 12.2 Å². The van der Waals surface area contributed by atoms with Gasteiger partial charge in [-0.05, 0) is 60.5 Å². The van der Waals surface area contributed by atoms with E-state index in [1.54, 1.807) is 49.7 Å². The van der Waals surface area contributed by atoms with E-state index in [2.05, 4.69) is 20.9 Å². The molecule has 3 N–H and O–H groups in total. The number of carbonyl (C=O) groups excluding carboxylic acids is 2. The van der Waals surface area contributed by atoms with Crippen LogP contribution < -0.4 is 16.0 Å². The van der Waals surface area contributed by atoms with E-state index in [0.717, 1.165) is 17.2 Å². The lowest BCUT2D eigenvalue weighted by atomic mass is 10.1. The van der Waals surface area contributed by atoms with Crippen LogP contribution in [0.25, 0.3) is 6.08 Å². The van der Waals surface area contributed by atoms with E-state index in [1.807, 2.05) is 0 Å². The van der Waals surface area contributed by atoms with Gasteiger partial charge < -0.3 is 16.0 Å². The Hall–Kier alpha value is -4.21. The Balaban J connectivity index is 1.66. The number of hydrogen-bond acceptors (Lipinski definition) is 3. The summed E-state index contributed by atoms with van der Waals surface area (Å²) in [4.78, 5) is 28.4. The molecule has 0 aliphatic heterocycles. The lowest BCUT2D eigenvalue weighted by Gasteiger charge is -2.13. The molecule has 0 saturated carbocycles. The van der Waals surface area contributed by atoms with Crippen LogP contribution in [0.3, 0.4) is 0 Å². The minimum Gasteiger partial charge on any atom is -0.322 e. The van der Waals surface area contributed by atoms with Gasteiger partial charge in [0.05, 0.1) is 5.56 Å². The zero-order valence-electron chi connectivity index (χ0n) is 17.2. The molecule has 0 unspecified atom stereocenters. The lowest BCUT2D eigenvalue weighted by molar-refractivity contribution is -0.139. The van der Waals surface area contributed by atoms with Gasteiger partial charge in [-0.15, -0.1) is 0 Å². The number of aromatic nitrogens is 1. The summed E-state index contributed by atoms with van der Waals surface area (Å²) in [5.74, 6) is -1.85.